The zero-order valence-corrected chi connectivity index (χ0v) is 15.9. The molecule has 2 aromatic rings. The van der Waals surface area contributed by atoms with Gasteiger partial charge in [-0.15, -0.1) is 0 Å². The van der Waals surface area contributed by atoms with Crippen LogP contribution in [0.15, 0.2) is 54.6 Å². The van der Waals surface area contributed by atoms with Crippen molar-refractivity contribution in [2.45, 2.75) is 32.0 Å². The molecule has 1 unspecified atom stereocenters. The highest BCUT2D eigenvalue weighted by Crippen LogP contribution is 2.30. The van der Waals surface area contributed by atoms with Crippen molar-refractivity contribution in [3.63, 3.8) is 0 Å². The van der Waals surface area contributed by atoms with Gasteiger partial charge < -0.3 is 10.2 Å². The molecule has 154 valence electrons. The molecule has 1 heterocycles. The van der Waals surface area contributed by atoms with Gasteiger partial charge in [0.1, 0.15) is 0 Å². The molecule has 29 heavy (non-hydrogen) atoms. The standard InChI is InChI=1S/C22H23F3N2O2/c23-22(24,25)19-8-4-7-17(13-19)14-27-15-18(9-10-20(27)28)21(29)26-12-11-16-5-2-1-3-6-16/h1-8,13,18H,9-12,14-15H2,(H,26,29). The van der Waals surface area contributed by atoms with E-state index < -0.39 is 11.7 Å². The summed E-state index contributed by atoms with van der Waals surface area (Å²) in [5.74, 6) is -0.618. The Labute approximate surface area is 167 Å². The Bertz CT molecular complexity index is 853. The minimum absolute atomic E-state index is 0.0660. The maximum absolute atomic E-state index is 12.9. The molecule has 7 heteroatoms. The third-order valence-electron chi connectivity index (χ3n) is 5.05. The topological polar surface area (TPSA) is 49.4 Å². The number of benzene rings is 2. The lowest BCUT2D eigenvalue weighted by Gasteiger charge is -2.32. The molecule has 1 N–H and O–H groups in total. The minimum atomic E-state index is -4.43. The molecular weight excluding hydrogens is 381 g/mol. The van der Waals surface area contributed by atoms with Gasteiger partial charge in [0.05, 0.1) is 11.5 Å². The van der Waals surface area contributed by atoms with Gasteiger partial charge in [-0.25, -0.2) is 0 Å². The third kappa shape index (κ3) is 5.82. The first-order valence-electron chi connectivity index (χ1n) is 9.58. The Balaban J connectivity index is 1.56. The van der Waals surface area contributed by atoms with E-state index in [1.807, 2.05) is 30.3 Å². The Morgan fingerprint density at radius 3 is 2.52 bits per heavy atom. The minimum Gasteiger partial charge on any atom is -0.355 e. The number of piperidine rings is 1. The zero-order valence-electron chi connectivity index (χ0n) is 15.9. The summed E-state index contributed by atoms with van der Waals surface area (Å²) in [6.45, 7) is 0.781. The van der Waals surface area contributed by atoms with Crippen molar-refractivity contribution in [2.75, 3.05) is 13.1 Å². The molecule has 1 aliphatic heterocycles. The number of nitrogens with one attached hydrogen (secondary N) is 1. The number of rotatable bonds is 6. The van der Waals surface area contributed by atoms with E-state index in [0.717, 1.165) is 17.7 Å². The molecule has 1 atom stereocenters. The monoisotopic (exact) mass is 404 g/mol. The Hall–Kier alpha value is -2.83. The second-order valence-electron chi connectivity index (χ2n) is 7.23. The van der Waals surface area contributed by atoms with Crippen LogP contribution in [0.3, 0.4) is 0 Å². The Morgan fingerprint density at radius 1 is 1.07 bits per heavy atom. The van der Waals surface area contributed by atoms with Gasteiger partial charge in [0.15, 0.2) is 0 Å². The first-order valence-corrected chi connectivity index (χ1v) is 9.58. The molecule has 0 aliphatic carbocycles. The zero-order chi connectivity index (χ0) is 20.9. The summed E-state index contributed by atoms with van der Waals surface area (Å²) in [7, 11) is 0. The molecule has 0 saturated carbocycles. The van der Waals surface area contributed by atoms with Crippen LogP contribution in [-0.4, -0.2) is 29.8 Å². The highest BCUT2D eigenvalue weighted by atomic mass is 19.4. The van der Waals surface area contributed by atoms with Crippen LogP contribution in [0, 0.1) is 5.92 Å². The van der Waals surface area contributed by atoms with Crippen LogP contribution in [0.4, 0.5) is 13.2 Å². The molecule has 2 amide bonds. The molecule has 0 radical (unpaired) electrons. The summed E-state index contributed by atoms with van der Waals surface area (Å²) in [6, 6.07) is 14.7. The van der Waals surface area contributed by atoms with E-state index in [2.05, 4.69) is 5.32 Å². The average molecular weight is 404 g/mol. The Kier molecular flexibility index (Phi) is 6.56. The Morgan fingerprint density at radius 2 is 1.79 bits per heavy atom. The van der Waals surface area contributed by atoms with Crippen molar-refractivity contribution in [3.05, 3.63) is 71.3 Å². The molecule has 0 aromatic heterocycles. The maximum atomic E-state index is 12.9. The van der Waals surface area contributed by atoms with E-state index in [0.29, 0.717) is 24.9 Å². The van der Waals surface area contributed by atoms with Gasteiger partial charge in [-0.1, -0.05) is 42.5 Å². The number of nitrogens with zero attached hydrogens (tertiary/aromatic N) is 1. The SMILES string of the molecule is O=C(NCCc1ccccc1)C1CCC(=O)N(Cc2cccc(C(F)(F)F)c2)C1. The molecule has 1 aliphatic rings. The second-order valence-corrected chi connectivity index (χ2v) is 7.23. The maximum Gasteiger partial charge on any atom is 0.416 e. The van der Waals surface area contributed by atoms with Crippen LogP contribution in [0.2, 0.25) is 0 Å². The fraction of sp³-hybridized carbons (Fsp3) is 0.364. The van der Waals surface area contributed by atoms with E-state index in [1.54, 1.807) is 6.07 Å². The molecule has 1 fully saturated rings. The molecule has 1 saturated heterocycles. The molecule has 2 aromatic carbocycles. The number of halogens is 3. The van der Waals surface area contributed by atoms with Crippen LogP contribution in [0.1, 0.15) is 29.5 Å². The molecular formula is C22H23F3N2O2. The third-order valence-corrected chi connectivity index (χ3v) is 5.05. The number of carbonyl (C=O) groups excluding carboxylic acids is 2. The summed E-state index contributed by atoms with van der Waals surface area (Å²) in [5, 5.41) is 2.90. The van der Waals surface area contributed by atoms with E-state index in [1.165, 1.54) is 11.0 Å². The van der Waals surface area contributed by atoms with Crippen LogP contribution < -0.4 is 5.32 Å². The van der Waals surface area contributed by atoms with Gasteiger partial charge in [0, 0.05) is 26.1 Å². The summed E-state index contributed by atoms with van der Waals surface area (Å²) in [5.41, 5.74) is 0.783. The number of carbonyl (C=O) groups is 2. The van der Waals surface area contributed by atoms with Gasteiger partial charge in [0.2, 0.25) is 11.8 Å². The molecule has 4 nitrogen and oxygen atoms in total. The second kappa shape index (κ2) is 9.11. The van der Waals surface area contributed by atoms with Gasteiger partial charge in [-0.3, -0.25) is 9.59 Å². The predicted molar refractivity (Wildman–Crippen MR) is 103 cm³/mol. The average Bonchev–Trinajstić information content (AvgIpc) is 2.70. The summed E-state index contributed by atoms with van der Waals surface area (Å²) in [4.78, 5) is 26.2. The lowest BCUT2D eigenvalue weighted by molar-refractivity contribution is -0.139. The predicted octanol–water partition coefficient (Wildman–Crippen LogP) is 3.80. The van der Waals surface area contributed by atoms with E-state index in [-0.39, 0.29) is 37.2 Å². The molecule has 3 rings (SSSR count). The van der Waals surface area contributed by atoms with Crippen molar-refractivity contribution < 1.29 is 22.8 Å². The number of amides is 2. The fourth-order valence-electron chi connectivity index (χ4n) is 3.47. The van der Waals surface area contributed by atoms with E-state index in [4.69, 9.17) is 0 Å². The highest BCUT2D eigenvalue weighted by molar-refractivity contribution is 5.83. The van der Waals surface area contributed by atoms with Crippen LogP contribution in [0.5, 0.6) is 0 Å². The van der Waals surface area contributed by atoms with Gasteiger partial charge >= 0.3 is 6.18 Å². The van der Waals surface area contributed by atoms with E-state index >= 15 is 0 Å². The van der Waals surface area contributed by atoms with Crippen molar-refractivity contribution >= 4 is 11.8 Å². The van der Waals surface area contributed by atoms with Gasteiger partial charge in [-0.05, 0) is 36.1 Å². The van der Waals surface area contributed by atoms with Gasteiger partial charge in [-0.2, -0.15) is 13.2 Å². The van der Waals surface area contributed by atoms with Crippen LogP contribution in [-0.2, 0) is 28.7 Å². The van der Waals surface area contributed by atoms with Gasteiger partial charge in [0.25, 0.3) is 0 Å². The largest absolute Gasteiger partial charge is 0.416 e. The van der Waals surface area contributed by atoms with E-state index in [9.17, 15) is 22.8 Å². The first-order chi connectivity index (χ1) is 13.8. The lowest BCUT2D eigenvalue weighted by atomic mass is 9.96. The van der Waals surface area contributed by atoms with Crippen molar-refractivity contribution in [3.8, 4) is 0 Å². The van der Waals surface area contributed by atoms with Crippen LogP contribution >= 0.6 is 0 Å². The summed E-state index contributed by atoms with van der Waals surface area (Å²) >= 11 is 0. The highest BCUT2D eigenvalue weighted by Gasteiger charge is 2.32. The van der Waals surface area contributed by atoms with Crippen molar-refractivity contribution in [2.24, 2.45) is 5.92 Å². The quantitative estimate of drug-likeness (QED) is 0.796. The summed E-state index contributed by atoms with van der Waals surface area (Å²) < 4.78 is 38.7. The summed E-state index contributed by atoms with van der Waals surface area (Å²) in [6.07, 6.45) is -3.04. The molecule has 0 bridgehead atoms. The number of alkyl halides is 3. The van der Waals surface area contributed by atoms with Crippen LogP contribution in [0.25, 0.3) is 0 Å². The number of hydrogen-bond acceptors (Lipinski definition) is 2. The van der Waals surface area contributed by atoms with Crippen molar-refractivity contribution in [1.82, 2.24) is 10.2 Å². The first kappa shape index (κ1) is 20.9. The fourth-order valence-corrected chi connectivity index (χ4v) is 3.47. The lowest BCUT2D eigenvalue weighted by Crippen LogP contribution is -2.45. The number of hydrogen-bond donors (Lipinski definition) is 1. The smallest absolute Gasteiger partial charge is 0.355 e. The molecule has 0 spiro atoms. The number of likely N-dealkylation sites (tertiary alicyclic amines) is 1. The van der Waals surface area contributed by atoms with Crippen molar-refractivity contribution in [1.29, 1.82) is 0 Å². The normalized spacial score (nSPS) is 17.3.